The van der Waals surface area contributed by atoms with Gasteiger partial charge in [-0.05, 0) is 43.1 Å². The van der Waals surface area contributed by atoms with Gasteiger partial charge in [0.25, 0.3) is 0 Å². The van der Waals surface area contributed by atoms with Gasteiger partial charge in [-0.3, -0.25) is 10.1 Å². The molecule has 0 spiro atoms. The quantitative estimate of drug-likeness (QED) is 0.446. The number of thioether (sulfide) groups is 2. The molecule has 1 saturated carbocycles. The third-order valence-corrected chi connectivity index (χ3v) is 7.37. The molecule has 0 aromatic heterocycles. The third-order valence-electron chi connectivity index (χ3n) is 3.63. The highest BCUT2D eigenvalue weighted by atomic mass is 32.2. The second kappa shape index (κ2) is 5.65. The lowest BCUT2D eigenvalue weighted by Gasteiger charge is -2.40. The molecule has 0 aromatic rings. The molecule has 1 saturated heterocycles. The summed E-state index contributed by atoms with van der Waals surface area (Å²) in [5.74, 6) is 2.92. The van der Waals surface area contributed by atoms with Gasteiger partial charge in [-0.15, -0.1) is 23.5 Å². The second-order valence-electron chi connectivity index (χ2n) is 4.86. The Morgan fingerprint density at radius 2 is 2.18 bits per heavy atom. The molecule has 2 rings (SSSR count). The predicted octanol–water partition coefficient (Wildman–Crippen LogP) is 3.58. The molecule has 1 heterocycles. The molecule has 0 aromatic carbocycles. The third kappa shape index (κ3) is 3.19. The Labute approximate surface area is 111 Å². The summed E-state index contributed by atoms with van der Waals surface area (Å²) in [6, 6.07) is 0. The van der Waals surface area contributed by atoms with Gasteiger partial charge in [0, 0.05) is 11.3 Å². The van der Waals surface area contributed by atoms with Gasteiger partial charge >= 0.3 is 0 Å². The summed E-state index contributed by atoms with van der Waals surface area (Å²) in [6.45, 7) is 4.19. The van der Waals surface area contributed by atoms with Crippen molar-refractivity contribution < 1.29 is 4.92 Å². The maximum Gasteiger partial charge on any atom is 0.206 e. The highest BCUT2D eigenvalue weighted by Crippen LogP contribution is 2.55. The van der Waals surface area contributed by atoms with Crippen LogP contribution in [0.25, 0.3) is 0 Å². The summed E-state index contributed by atoms with van der Waals surface area (Å²) in [5.41, 5.74) is 1.34. The first kappa shape index (κ1) is 13.3. The SMILES string of the molecule is C=C1CCC(C2(CC[N+](=O)[O-])SCCCS2)C1. The predicted molar refractivity (Wildman–Crippen MR) is 75.2 cm³/mol. The Morgan fingerprint density at radius 3 is 2.71 bits per heavy atom. The zero-order chi connectivity index (χ0) is 12.3. The van der Waals surface area contributed by atoms with Crippen molar-refractivity contribution in [3.05, 3.63) is 22.3 Å². The average Bonchev–Trinajstić information content (AvgIpc) is 2.75. The van der Waals surface area contributed by atoms with E-state index in [1.54, 1.807) is 0 Å². The molecule has 2 fully saturated rings. The Hall–Kier alpha value is -0.160. The van der Waals surface area contributed by atoms with Crippen molar-refractivity contribution in [2.75, 3.05) is 18.1 Å². The Kier molecular flexibility index (Phi) is 4.42. The molecule has 5 heteroatoms. The van der Waals surface area contributed by atoms with Gasteiger partial charge < -0.3 is 0 Å². The molecule has 0 N–H and O–H groups in total. The van der Waals surface area contributed by atoms with Crippen molar-refractivity contribution in [1.29, 1.82) is 0 Å². The van der Waals surface area contributed by atoms with Gasteiger partial charge in [0.2, 0.25) is 6.54 Å². The molecular weight excluding hydrogens is 254 g/mol. The van der Waals surface area contributed by atoms with E-state index in [0.717, 1.165) is 24.3 Å². The number of hydrogen-bond donors (Lipinski definition) is 0. The van der Waals surface area contributed by atoms with Gasteiger partial charge in [0.1, 0.15) is 0 Å². The van der Waals surface area contributed by atoms with E-state index in [4.69, 9.17) is 0 Å². The van der Waals surface area contributed by atoms with E-state index < -0.39 is 0 Å². The van der Waals surface area contributed by atoms with E-state index in [2.05, 4.69) is 6.58 Å². The van der Waals surface area contributed by atoms with E-state index in [1.807, 2.05) is 23.5 Å². The van der Waals surface area contributed by atoms with Crippen LogP contribution < -0.4 is 0 Å². The van der Waals surface area contributed by atoms with Crippen LogP contribution in [0.1, 0.15) is 32.1 Å². The summed E-state index contributed by atoms with van der Waals surface area (Å²) in [5, 5.41) is 10.6. The molecule has 0 radical (unpaired) electrons. The van der Waals surface area contributed by atoms with Gasteiger partial charge in [-0.1, -0.05) is 12.2 Å². The zero-order valence-corrected chi connectivity index (χ0v) is 11.7. The van der Waals surface area contributed by atoms with Crippen LogP contribution in [-0.2, 0) is 0 Å². The number of allylic oxidation sites excluding steroid dienone is 1. The van der Waals surface area contributed by atoms with Crippen LogP contribution in [0.15, 0.2) is 12.2 Å². The summed E-state index contributed by atoms with van der Waals surface area (Å²) >= 11 is 3.94. The molecule has 1 aliphatic carbocycles. The fourth-order valence-corrected chi connectivity index (χ4v) is 6.36. The van der Waals surface area contributed by atoms with Crippen LogP contribution in [0.3, 0.4) is 0 Å². The number of rotatable bonds is 4. The van der Waals surface area contributed by atoms with Gasteiger partial charge in [-0.2, -0.15) is 0 Å². The lowest BCUT2D eigenvalue weighted by atomic mass is 10.00. The van der Waals surface area contributed by atoms with Crippen molar-refractivity contribution in [3.63, 3.8) is 0 Å². The molecule has 0 bridgehead atoms. The van der Waals surface area contributed by atoms with Crippen LogP contribution in [0, 0.1) is 16.0 Å². The molecule has 17 heavy (non-hydrogen) atoms. The van der Waals surface area contributed by atoms with Crippen molar-refractivity contribution in [2.45, 2.75) is 36.2 Å². The smallest absolute Gasteiger partial charge is 0.206 e. The van der Waals surface area contributed by atoms with Crippen LogP contribution >= 0.6 is 23.5 Å². The van der Waals surface area contributed by atoms with Crippen molar-refractivity contribution in [1.82, 2.24) is 0 Å². The van der Waals surface area contributed by atoms with E-state index in [1.165, 1.54) is 18.4 Å². The average molecular weight is 273 g/mol. The fraction of sp³-hybridized carbons (Fsp3) is 0.833. The van der Waals surface area contributed by atoms with Crippen LogP contribution in [0.4, 0.5) is 0 Å². The second-order valence-corrected chi connectivity index (χ2v) is 7.97. The molecule has 1 unspecified atom stereocenters. The minimum atomic E-state index is -0.165. The molecule has 96 valence electrons. The fourth-order valence-electron chi connectivity index (χ4n) is 2.73. The molecule has 2 aliphatic rings. The topological polar surface area (TPSA) is 43.1 Å². The number of nitro groups is 1. The summed E-state index contributed by atoms with van der Waals surface area (Å²) in [6.07, 6.45) is 5.33. The Bertz CT molecular complexity index is 314. The summed E-state index contributed by atoms with van der Waals surface area (Å²) < 4.78 is 0.102. The molecule has 1 aliphatic heterocycles. The lowest BCUT2D eigenvalue weighted by Crippen LogP contribution is -2.35. The van der Waals surface area contributed by atoms with Crippen molar-refractivity contribution >= 4 is 23.5 Å². The highest BCUT2D eigenvalue weighted by Gasteiger charge is 2.44. The standard InChI is InChI=1S/C12H19NO2S2/c1-10-3-4-11(9-10)12(5-6-13(14)15)16-7-2-8-17-12/h11H,1-9H2. The van der Waals surface area contributed by atoms with Gasteiger partial charge in [-0.25, -0.2) is 0 Å². The van der Waals surface area contributed by atoms with Crippen LogP contribution in [-0.4, -0.2) is 27.1 Å². The number of hydrogen-bond acceptors (Lipinski definition) is 4. The van der Waals surface area contributed by atoms with E-state index in [-0.39, 0.29) is 15.5 Å². The largest absolute Gasteiger partial charge is 0.265 e. The van der Waals surface area contributed by atoms with E-state index in [0.29, 0.717) is 12.3 Å². The minimum absolute atomic E-state index is 0.102. The van der Waals surface area contributed by atoms with Crippen molar-refractivity contribution in [2.24, 2.45) is 5.92 Å². The Morgan fingerprint density at radius 1 is 1.47 bits per heavy atom. The lowest BCUT2D eigenvalue weighted by molar-refractivity contribution is -0.480. The molecule has 0 amide bonds. The maximum atomic E-state index is 10.6. The summed E-state index contributed by atoms with van der Waals surface area (Å²) in [7, 11) is 0. The number of nitrogens with zero attached hydrogens (tertiary/aromatic N) is 1. The highest BCUT2D eigenvalue weighted by molar-refractivity contribution is 8.18. The van der Waals surface area contributed by atoms with E-state index >= 15 is 0 Å². The first-order chi connectivity index (χ1) is 8.12. The van der Waals surface area contributed by atoms with Crippen LogP contribution in [0.5, 0.6) is 0 Å². The van der Waals surface area contributed by atoms with Crippen LogP contribution in [0.2, 0.25) is 0 Å². The van der Waals surface area contributed by atoms with E-state index in [9.17, 15) is 10.1 Å². The summed E-state index contributed by atoms with van der Waals surface area (Å²) in [4.78, 5) is 10.5. The van der Waals surface area contributed by atoms with Gasteiger partial charge in [0.15, 0.2) is 0 Å². The zero-order valence-electron chi connectivity index (χ0n) is 10.0. The molecule has 3 nitrogen and oxygen atoms in total. The first-order valence-electron chi connectivity index (χ1n) is 6.19. The maximum absolute atomic E-state index is 10.6. The monoisotopic (exact) mass is 273 g/mol. The molecule has 1 atom stereocenters. The molecular formula is C12H19NO2S2. The van der Waals surface area contributed by atoms with Crippen molar-refractivity contribution in [3.8, 4) is 0 Å². The minimum Gasteiger partial charge on any atom is -0.265 e. The normalized spacial score (nSPS) is 28.2. The Balaban J connectivity index is 2.05. The van der Waals surface area contributed by atoms with Gasteiger partial charge in [0.05, 0.1) is 4.08 Å². The first-order valence-corrected chi connectivity index (χ1v) is 8.16.